The van der Waals surface area contributed by atoms with Crippen LogP contribution in [-0.4, -0.2) is 74.4 Å². The summed E-state index contributed by atoms with van der Waals surface area (Å²) in [6, 6.07) is 2.24. The Hall–Kier alpha value is -3.77. The molecule has 29 heavy (non-hydrogen) atoms. The summed E-state index contributed by atoms with van der Waals surface area (Å²) in [6.45, 7) is 1.38. The van der Waals surface area contributed by atoms with Crippen LogP contribution >= 0.6 is 0 Å². The van der Waals surface area contributed by atoms with Crippen molar-refractivity contribution in [1.82, 2.24) is 20.4 Å². The van der Waals surface area contributed by atoms with Crippen molar-refractivity contribution in [2.75, 3.05) is 40.0 Å². The number of fused-ring (bicyclic) bond motifs is 1. The number of nitrogens with one attached hydrogen (secondary N) is 1. The number of hydrogen-bond acceptors (Lipinski definition) is 9. The van der Waals surface area contributed by atoms with Crippen molar-refractivity contribution in [2.24, 2.45) is 0 Å². The third-order valence-electron chi connectivity index (χ3n) is 4.00. The highest BCUT2D eigenvalue weighted by atomic mass is 16.6. The summed E-state index contributed by atoms with van der Waals surface area (Å²) in [5.41, 5.74) is 3.09. The Morgan fingerprint density at radius 3 is 2.24 bits per heavy atom. The standard InChI is InChI=1S/C16H21N5O8/c1-9-6-7-10-11(20(15(24)28-4)18-13(22)26-2)8-19(14(23)27-3)21(12(10)17-9)16(25)29-5/h6-7,11H,8H2,1-5H3,(H,18,22). The van der Waals surface area contributed by atoms with Crippen molar-refractivity contribution >= 4 is 30.2 Å². The number of methoxy groups -OCH3 is 4. The maximum absolute atomic E-state index is 12.4. The molecule has 0 saturated carbocycles. The second-order valence-electron chi connectivity index (χ2n) is 5.66. The summed E-state index contributed by atoms with van der Waals surface area (Å²) in [5, 5.41) is 2.60. The molecule has 2 rings (SSSR count). The van der Waals surface area contributed by atoms with Gasteiger partial charge in [-0.05, 0) is 13.0 Å². The molecule has 0 spiro atoms. The molecular formula is C16H21N5O8. The number of rotatable bonds is 1. The molecule has 13 nitrogen and oxygen atoms in total. The Kier molecular flexibility index (Phi) is 6.64. The average Bonchev–Trinajstić information content (AvgIpc) is 2.74. The predicted molar refractivity (Wildman–Crippen MR) is 95.5 cm³/mol. The van der Waals surface area contributed by atoms with Crippen molar-refractivity contribution in [3.63, 3.8) is 0 Å². The number of aromatic nitrogens is 1. The molecule has 1 N–H and O–H groups in total. The number of pyridine rings is 1. The van der Waals surface area contributed by atoms with Crippen LogP contribution in [0.3, 0.4) is 0 Å². The van der Waals surface area contributed by atoms with Crippen molar-refractivity contribution in [3.8, 4) is 0 Å². The van der Waals surface area contributed by atoms with Gasteiger partial charge in [0.15, 0.2) is 5.82 Å². The monoisotopic (exact) mass is 411 g/mol. The lowest BCUT2D eigenvalue weighted by molar-refractivity contribution is 0.0453. The van der Waals surface area contributed by atoms with Gasteiger partial charge in [0.1, 0.15) is 6.04 Å². The van der Waals surface area contributed by atoms with Crippen LogP contribution in [0.4, 0.5) is 25.0 Å². The number of amides is 4. The number of hydrazine groups is 2. The van der Waals surface area contributed by atoms with Gasteiger partial charge in [0, 0.05) is 11.3 Å². The molecule has 2 heterocycles. The number of anilines is 1. The molecule has 1 aromatic rings. The van der Waals surface area contributed by atoms with Crippen LogP contribution < -0.4 is 10.4 Å². The normalized spacial score (nSPS) is 15.0. The number of carbonyl (C=O) groups excluding carboxylic acids is 4. The third-order valence-corrected chi connectivity index (χ3v) is 4.00. The van der Waals surface area contributed by atoms with E-state index in [1.54, 1.807) is 19.1 Å². The van der Waals surface area contributed by atoms with Gasteiger partial charge in [-0.2, -0.15) is 5.01 Å². The van der Waals surface area contributed by atoms with Gasteiger partial charge >= 0.3 is 24.4 Å². The lowest BCUT2D eigenvalue weighted by Crippen LogP contribution is -2.60. The molecular weight excluding hydrogens is 390 g/mol. The van der Waals surface area contributed by atoms with Crippen molar-refractivity contribution in [1.29, 1.82) is 0 Å². The van der Waals surface area contributed by atoms with Crippen LogP contribution in [0.5, 0.6) is 0 Å². The molecule has 1 aromatic heterocycles. The zero-order valence-electron chi connectivity index (χ0n) is 16.5. The van der Waals surface area contributed by atoms with E-state index in [9.17, 15) is 19.2 Å². The summed E-state index contributed by atoms with van der Waals surface area (Å²) >= 11 is 0. The van der Waals surface area contributed by atoms with Gasteiger partial charge in [0.25, 0.3) is 0 Å². The molecule has 0 bridgehead atoms. The summed E-state index contributed by atoms with van der Waals surface area (Å²) in [4.78, 5) is 53.1. The molecule has 1 aliphatic rings. The first-order valence-corrected chi connectivity index (χ1v) is 8.21. The van der Waals surface area contributed by atoms with E-state index in [-0.39, 0.29) is 12.4 Å². The molecule has 13 heteroatoms. The maximum atomic E-state index is 12.4. The minimum absolute atomic E-state index is 0.0130. The third kappa shape index (κ3) is 4.23. The van der Waals surface area contributed by atoms with Gasteiger partial charge in [-0.15, -0.1) is 0 Å². The Bertz CT molecular complexity index is 816. The smallest absolute Gasteiger partial charge is 0.434 e. The lowest BCUT2D eigenvalue weighted by Gasteiger charge is -2.42. The Balaban J connectivity index is 2.65. The highest BCUT2D eigenvalue weighted by Gasteiger charge is 2.44. The quantitative estimate of drug-likeness (QED) is 0.535. The Labute approximate surface area is 166 Å². The van der Waals surface area contributed by atoms with Crippen molar-refractivity contribution in [3.05, 3.63) is 23.4 Å². The highest BCUT2D eigenvalue weighted by Crippen LogP contribution is 2.36. The summed E-state index contributed by atoms with van der Waals surface area (Å²) in [5.74, 6) is 0.0130. The fourth-order valence-corrected chi connectivity index (χ4v) is 2.69. The van der Waals surface area contributed by atoms with Crippen molar-refractivity contribution in [2.45, 2.75) is 13.0 Å². The number of aryl methyl sites for hydroxylation is 1. The molecule has 4 amide bonds. The van der Waals surface area contributed by atoms with Crippen molar-refractivity contribution < 1.29 is 38.1 Å². The minimum atomic E-state index is -0.996. The second-order valence-corrected chi connectivity index (χ2v) is 5.66. The molecule has 1 atom stereocenters. The second kappa shape index (κ2) is 8.95. The molecule has 0 fully saturated rings. The first-order valence-electron chi connectivity index (χ1n) is 8.21. The molecule has 1 aliphatic heterocycles. The molecule has 0 aliphatic carbocycles. The average molecular weight is 411 g/mol. The fourth-order valence-electron chi connectivity index (χ4n) is 2.69. The minimum Gasteiger partial charge on any atom is -0.452 e. The van der Waals surface area contributed by atoms with Gasteiger partial charge in [0.05, 0.1) is 35.0 Å². The van der Waals surface area contributed by atoms with Crippen LogP contribution in [0.1, 0.15) is 17.3 Å². The van der Waals surface area contributed by atoms with E-state index in [0.717, 1.165) is 43.5 Å². The van der Waals surface area contributed by atoms with E-state index in [2.05, 4.69) is 15.1 Å². The van der Waals surface area contributed by atoms with Crippen LogP contribution in [0.25, 0.3) is 0 Å². The van der Waals surface area contributed by atoms with Gasteiger partial charge in [-0.25, -0.2) is 39.6 Å². The first kappa shape index (κ1) is 21.5. The van der Waals surface area contributed by atoms with Crippen LogP contribution in [0, 0.1) is 6.92 Å². The molecule has 0 saturated heterocycles. The fraction of sp³-hybridized carbons (Fsp3) is 0.438. The van der Waals surface area contributed by atoms with Gasteiger partial charge in [0.2, 0.25) is 0 Å². The van der Waals surface area contributed by atoms with Gasteiger partial charge in [-0.1, -0.05) is 6.07 Å². The zero-order chi connectivity index (χ0) is 21.7. The summed E-state index contributed by atoms with van der Waals surface area (Å²) in [6.07, 6.45) is -3.71. The van der Waals surface area contributed by atoms with E-state index in [0.29, 0.717) is 11.3 Å². The summed E-state index contributed by atoms with van der Waals surface area (Å²) < 4.78 is 18.8. The predicted octanol–water partition coefficient (Wildman–Crippen LogP) is 1.34. The number of hydrogen-bond donors (Lipinski definition) is 1. The number of carbonyl (C=O) groups is 4. The molecule has 1 unspecified atom stereocenters. The highest BCUT2D eigenvalue weighted by molar-refractivity contribution is 5.91. The summed E-state index contributed by atoms with van der Waals surface area (Å²) in [7, 11) is 4.49. The molecule has 0 aromatic carbocycles. The van der Waals surface area contributed by atoms with E-state index < -0.39 is 30.4 Å². The van der Waals surface area contributed by atoms with E-state index >= 15 is 0 Å². The van der Waals surface area contributed by atoms with E-state index in [4.69, 9.17) is 14.2 Å². The van der Waals surface area contributed by atoms with E-state index in [1.807, 2.05) is 0 Å². The Morgan fingerprint density at radius 1 is 1.03 bits per heavy atom. The van der Waals surface area contributed by atoms with E-state index in [1.165, 1.54) is 0 Å². The molecule has 0 radical (unpaired) electrons. The number of nitrogens with zero attached hydrogens (tertiary/aromatic N) is 4. The van der Waals surface area contributed by atoms with Crippen LogP contribution in [0.15, 0.2) is 12.1 Å². The number of ether oxygens (including phenoxy) is 4. The van der Waals surface area contributed by atoms with Crippen LogP contribution in [-0.2, 0) is 18.9 Å². The van der Waals surface area contributed by atoms with Gasteiger partial charge < -0.3 is 18.9 Å². The lowest BCUT2D eigenvalue weighted by atomic mass is 10.0. The first-order chi connectivity index (χ1) is 13.8. The molecule has 158 valence electrons. The Morgan fingerprint density at radius 2 is 1.69 bits per heavy atom. The van der Waals surface area contributed by atoms with Crippen LogP contribution in [0.2, 0.25) is 0 Å². The zero-order valence-corrected chi connectivity index (χ0v) is 16.5. The largest absolute Gasteiger partial charge is 0.452 e. The topological polar surface area (TPSA) is 140 Å². The SMILES string of the molecule is COC(=O)NN(C(=O)OC)C1CN(C(=O)OC)N(C(=O)OC)c2nc(C)ccc21. The van der Waals surface area contributed by atoms with Gasteiger partial charge in [-0.3, -0.25) is 0 Å². The maximum Gasteiger partial charge on any atom is 0.434 e.